The fourth-order valence-corrected chi connectivity index (χ4v) is 2.83. The summed E-state index contributed by atoms with van der Waals surface area (Å²) in [4.78, 5) is 11.4. The number of hydrogen-bond donors (Lipinski definition) is 0. The van der Waals surface area contributed by atoms with Gasteiger partial charge in [-0.1, -0.05) is 82.6 Å². The molecule has 2 nitrogen and oxygen atoms in total. The van der Waals surface area contributed by atoms with Crippen LogP contribution >= 0.6 is 0 Å². The number of methoxy groups -OCH3 is 1. The van der Waals surface area contributed by atoms with Crippen molar-refractivity contribution >= 4 is 5.97 Å². The van der Waals surface area contributed by atoms with E-state index in [1.165, 1.54) is 70.5 Å². The Bertz CT molecular complexity index is 412. The van der Waals surface area contributed by atoms with E-state index in [1.54, 1.807) is 0 Å². The van der Waals surface area contributed by atoms with Crippen LogP contribution in [-0.4, -0.2) is 13.1 Å². The van der Waals surface area contributed by atoms with E-state index in [1.807, 2.05) is 12.1 Å². The molecular weight excluding hydrogens is 272 g/mol. The molecular formula is C20H32O2. The number of esters is 1. The van der Waals surface area contributed by atoms with Crippen LogP contribution in [0.15, 0.2) is 24.3 Å². The summed E-state index contributed by atoms with van der Waals surface area (Å²) in [6.45, 7) is 2.26. The Hall–Kier alpha value is -1.31. The first kappa shape index (κ1) is 18.7. The Balaban J connectivity index is 2.18. The van der Waals surface area contributed by atoms with Crippen molar-refractivity contribution in [2.45, 2.75) is 77.6 Å². The number of aryl methyl sites for hydroxylation is 1. The maximum absolute atomic E-state index is 11.4. The molecule has 0 aliphatic rings. The molecule has 0 saturated carbocycles. The molecule has 0 fully saturated rings. The van der Waals surface area contributed by atoms with Crippen molar-refractivity contribution < 1.29 is 9.53 Å². The topological polar surface area (TPSA) is 26.3 Å². The lowest BCUT2D eigenvalue weighted by Gasteiger charge is -2.08. The number of benzene rings is 1. The second-order valence-corrected chi connectivity index (χ2v) is 6.10. The summed E-state index contributed by atoms with van der Waals surface area (Å²) >= 11 is 0. The van der Waals surface area contributed by atoms with Crippen LogP contribution in [0.25, 0.3) is 0 Å². The number of hydrogen-bond acceptors (Lipinski definition) is 2. The fraction of sp³-hybridized carbons (Fsp3) is 0.650. The molecule has 0 unspecified atom stereocenters. The third kappa shape index (κ3) is 8.21. The minimum absolute atomic E-state index is 0.153. The van der Waals surface area contributed by atoms with Crippen molar-refractivity contribution in [2.75, 3.05) is 7.11 Å². The monoisotopic (exact) mass is 304 g/mol. The van der Waals surface area contributed by atoms with Crippen molar-refractivity contribution in [1.29, 1.82) is 0 Å². The predicted molar refractivity (Wildman–Crippen MR) is 93.1 cm³/mol. The molecule has 0 saturated heterocycles. The van der Waals surface area contributed by atoms with Gasteiger partial charge in [0.25, 0.3) is 0 Å². The summed E-state index contributed by atoms with van der Waals surface area (Å²) < 4.78 is 4.77. The molecule has 22 heavy (non-hydrogen) atoms. The molecule has 0 N–H and O–H groups in total. The molecule has 0 radical (unpaired) electrons. The van der Waals surface area contributed by atoms with Crippen LogP contribution < -0.4 is 0 Å². The van der Waals surface area contributed by atoms with E-state index < -0.39 is 0 Å². The van der Waals surface area contributed by atoms with Crippen molar-refractivity contribution in [3.8, 4) is 0 Å². The third-order valence-electron chi connectivity index (χ3n) is 4.23. The number of unbranched alkanes of at least 4 members (excludes halogenated alkanes) is 8. The molecule has 0 aliphatic carbocycles. The van der Waals surface area contributed by atoms with E-state index in [0.717, 1.165) is 12.0 Å². The molecule has 0 aromatic heterocycles. The van der Waals surface area contributed by atoms with Gasteiger partial charge >= 0.3 is 5.97 Å². The average Bonchev–Trinajstić information content (AvgIpc) is 2.54. The van der Waals surface area contributed by atoms with Crippen LogP contribution in [0.1, 0.15) is 75.8 Å². The van der Waals surface area contributed by atoms with Gasteiger partial charge in [-0.05, 0) is 24.0 Å². The first-order chi connectivity index (χ1) is 10.8. The van der Waals surface area contributed by atoms with Gasteiger partial charge < -0.3 is 4.74 Å². The summed E-state index contributed by atoms with van der Waals surface area (Å²) in [5.41, 5.74) is 2.42. The second-order valence-electron chi connectivity index (χ2n) is 6.10. The molecule has 2 heteroatoms. The summed E-state index contributed by atoms with van der Waals surface area (Å²) in [5.74, 6) is -0.153. The van der Waals surface area contributed by atoms with Crippen molar-refractivity contribution in [1.82, 2.24) is 0 Å². The maximum atomic E-state index is 11.4. The molecule has 0 heterocycles. The minimum Gasteiger partial charge on any atom is -0.469 e. The SMILES string of the molecule is CCCCCCCCCCCc1ccccc1CC(=O)OC. The first-order valence-electron chi connectivity index (χ1n) is 8.91. The van der Waals surface area contributed by atoms with Gasteiger partial charge in [-0.3, -0.25) is 4.79 Å². The summed E-state index contributed by atoms with van der Waals surface area (Å²) in [5, 5.41) is 0. The third-order valence-corrected chi connectivity index (χ3v) is 4.23. The van der Waals surface area contributed by atoms with E-state index in [2.05, 4.69) is 19.1 Å². The number of rotatable bonds is 12. The molecule has 124 valence electrons. The number of carbonyl (C=O) groups is 1. The lowest BCUT2D eigenvalue weighted by Crippen LogP contribution is -2.06. The van der Waals surface area contributed by atoms with E-state index in [9.17, 15) is 4.79 Å². The smallest absolute Gasteiger partial charge is 0.309 e. The second kappa shape index (κ2) is 12.3. The lowest BCUT2D eigenvalue weighted by molar-refractivity contribution is -0.139. The van der Waals surface area contributed by atoms with Gasteiger partial charge in [0.05, 0.1) is 13.5 Å². The van der Waals surface area contributed by atoms with Crippen LogP contribution in [0.5, 0.6) is 0 Å². The molecule has 1 aromatic carbocycles. The van der Waals surface area contributed by atoms with E-state index in [0.29, 0.717) is 6.42 Å². The molecule has 1 rings (SSSR count). The quantitative estimate of drug-likeness (QED) is 0.378. The highest BCUT2D eigenvalue weighted by Gasteiger charge is 2.07. The van der Waals surface area contributed by atoms with Crippen LogP contribution in [0.2, 0.25) is 0 Å². The van der Waals surface area contributed by atoms with Crippen LogP contribution in [0.4, 0.5) is 0 Å². The van der Waals surface area contributed by atoms with E-state index >= 15 is 0 Å². The average molecular weight is 304 g/mol. The normalized spacial score (nSPS) is 10.6. The van der Waals surface area contributed by atoms with Crippen LogP contribution in [0, 0.1) is 0 Å². The van der Waals surface area contributed by atoms with Gasteiger partial charge in [0.15, 0.2) is 0 Å². The van der Waals surface area contributed by atoms with Crippen molar-refractivity contribution in [2.24, 2.45) is 0 Å². The standard InChI is InChI=1S/C20H32O2/c1-3-4-5-6-7-8-9-10-11-14-18-15-12-13-16-19(18)17-20(21)22-2/h12-13,15-16H,3-11,14,17H2,1-2H3. The van der Waals surface area contributed by atoms with E-state index in [4.69, 9.17) is 4.74 Å². The Kier molecular flexibility index (Phi) is 10.4. The van der Waals surface area contributed by atoms with Gasteiger partial charge in [0.2, 0.25) is 0 Å². The predicted octanol–water partition coefficient (Wildman–Crippen LogP) is 5.48. The van der Waals surface area contributed by atoms with Gasteiger partial charge in [-0.15, -0.1) is 0 Å². The summed E-state index contributed by atoms with van der Waals surface area (Å²) in [6, 6.07) is 8.24. The fourth-order valence-electron chi connectivity index (χ4n) is 2.83. The zero-order valence-electron chi connectivity index (χ0n) is 14.4. The van der Waals surface area contributed by atoms with Crippen molar-refractivity contribution in [3.05, 3.63) is 35.4 Å². The molecule has 0 spiro atoms. The van der Waals surface area contributed by atoms with Crippen LogP contribution in [0.3, 0.4) is 0 Å². The maximum Gasteiger partial charge on any atom is 0.309 e. The highest BCUT2D eigenvalue weighted by molar-refractivity contribution is 5.72. The molecule has 0 atom stereocenters. The Labute approximate surface area is 136 Å². The Morgan fingerprint density at radius 2 is 1.41 bits per heavy atom. The zero-order chi connectivity index (χ0) is 16.0. The minimum atomic E-state index is -0.153. The van der Waals surface area contributed by atoms with Gasteiger partial charge in [-0.25, -0.2) is 0 Å². The largest absolute Gasteiger partial charge is 0.469 e. The number of carbonyl (C=O) groups excluding carboxylic acids is 1. The highest BCUT2D eigenvalue weighted by Crippen LogP contribution is 2.15. The Morgan fingerprint density at radius 1 is 0.864 bits per heavy atom. The number of ether oxygens (including phenoxy) is 1. The first-order valence-corrected chi connectivity index (χ1v) is 8.91. The lowest BCUT2D eigenvalue weighted by atomic mass is 9.98. The van der Waals surface area contributed by atoms with E-state index in [-0.39, 0.29) is 5.97 Å². The van der Waals surface area contributed by atoms with Crippen molar-refractivity contribution in [3.63, 3.8) is 0 Å². The molecule has 0 bridgehead atoms. The van der Waals surface area contributed by atoms with Gasteiger partial charge in [0, 0.05) is 0 Å². The Morgan fingerprint density at radius 3 is 2.00 bits per heavy atom. The van der Waals surface area contributed by atoms with Gasteiger partial charge in [-0.2, -0.15) is 0 Å². The summed E-state index contributed by atoms with van der Waals surface area (Å²) in [6.07, 6.45) is 13.6. The molecule has 0 aliphatic heterocycles. The van der Waals surface area contributed by atoms with Gasteiger partial charge in [0.1, 0.15) is 0 Å². The van der Waals surface area contributed by atoms with Crippen LogP contribution in [-0.2, 0) is 22.4 Å². The summed E-state index contributed by atoms with van der Waals surface area (Å²) in [7, 11) is 1.45. The highest BCUT2D eigenvalue weighted by atomic mass is 16.5. The molecule has 0 amide bonds. The zero-order valence-corrected chi connectivity index (χ0v) is 14.4. The molecule has 1 aromatic rings.